The summed E-state index contributed by atoms with van der Waals surface area (Å²) in [7, 11) is 0. The van der Waals surface area contributed by atoms with E-state index in [1.807, 2.05) is 41.4 Å². The largest absolute Gasteiger partial charge is 0.302 e. The molecule has 8 heteroatoms. The Hall–Kier alpha value is -3.13. The second kappa shape index (κ2) is 8.31. The summed E-state index contributed by atoms with van der Waals surface area (Å²) in [4.78, 5) is 26.0. The van der Waals surface area contributed by atoms with Gasteiger partial charge >= 0.3 is 0 Å². The summed E-state index contributed by atoms with van der Waals surface area (Å²) < 4.78 is 1.94. The van der Waals surface area contributed by atoms with E-state index >= 15 is 0 Å². The summed E-state index contributed by atoms with van der Waals surface area (Å²) in [6.07, 6.45) is 4.59. The molecule has 1 amide bonds. The van der Waals surface area contributed by atoms with E-state index in [2.05, 4.69) is 41.2 Å². The molecule has 0 spiro atoms. The number of nitrogens with one attached hydrogen (secondary N) is 1. The molecule has 0 saturated carbocycles. The van der Waals surface area contributed by atoms with Crippen LogP contribution in [0.15, 0.2) is 36.0 Å². The fraction of sp³-hybridized carbons (Fsp3) is 0.318. The molecule has 0 aliphatic carbocycles. The Morgan fingerprint density at radius 2 is 2.03 bits per heavy atom. The van der Waals surface area contributed by atoms with Crippen LogP contribution in [0, 0.1) is 13.8 Å². The Balaban J connectivity index is 1.45. The quantitative estimate of drug-likeness (QED) is 0.488. The zero-order valence-electron chi connectivity index (χ0n) is 17.5. The lowest BCUT2D eigenvalue weighted by atomic mass is 10.0. The predicted molar refractivity (Wildman–Crippen MR) is 120 cm³/mol. The van der Waals surface area contributed by atoms with Gasteiger partial charge in [-0.25, -0.2) is 14.6 Å². The van der Waals surface area contributed by atoms with Gasteiger partial charge in [0, 0.05) is 35.1 Å². The first kappa shape index (κ1) is 20.2. The van der Waals surface area contributed by atoms with Crippen molar-refractivity contribution < 1.29 is 4.79 Å². The van der Waals surface area contributed by atoms with Crippen LogP contribution in [-0.4, -0.2) is 30.6 Å². The predicted octanol–water partition coefficient (Wildman–Crippen LogP) is 4.72. The normalized spacial score (nSPS) is 11.4. The number of aromatic nitrogens is 5. The van der Waals surface area contributed by atoms with Gasteiger partial charge in [-0.05, 0) is 57.4 Å². The molecular weight excluding hydrogens is 396 g/mol. The second-order valence-electron chi connectivity index (χ2n) is 7.52. The molecule has 0 atom stereocenters. The maximum atomic E-state index is 12.5. The topological polar surface area (TPSA) is 85.6 Å². The van der Waals surface area contributed by atoms with E-state index in [0.717, 1.165) is 39.2 Å². The van der Waals surface area contributed by atoms with Crippen LogP contribution in [0.3, 0.4) is 0 Å². The van der Waals surface area contributed by atoms with E-state index in [4.69, 9.17) is 4.98 Å². The summed E-state index contributed by atoms with van der Waals surface area (Å²) in [5.41, 5.74) is 5.65. The SMILES string of the molecule is Cc1nc2c(cnn2C(C)C)c(C)c1CCC(=O)Nc1nc(-c2ccccn2)cs1. The molecule has 7 nitrogen and oxygen atoms in total. The number of fused-ring (bicyclic) bond motifs is 1. The average Bonchev–Trinajstić information content (AvgIpc) is 3.35. The fourth-order valence-electron chi connectivity index (χ4n) is 3.52. The minimum atomic E-state index is -0.0614. The van der Waals surface area contributed by atoms with Crippen molar-refractivity contribution in [3.63, 3.8) is 0 Å². The van der Waals surface area contributed by atoms with E-state index < -0.39 is 0 Å². The van der Waals surface area contributed by atoms with Crippen molar-refractivity contribution in [2.75, 3.05) is 5.32 Å². The summed E-state index contributed by atoms with van der Waals surface area (Å²) in [6.45, 7) is 8.26. The molecule has 4 rings (SSSR count). The Morgan fingerprint density at radius 3 is 2.77 bits per heavy atom. The maximum absolute atomic E-state index is 12.5. The van der Waals surface area contributed by atoms with E-state index in [1.54, 1.807) is 6.20 Å². The Morgan fingerprint density at radius 1 is 1.20 bits per heavy atom. The zero-order chi connectivity index (χ0) is 21.3. The molecule has 0 aliphatic rings. The minimum Gasteiger partial charge on any atom is -0.302 e. The van der Waals surface area contributed by atoms with E-state index in [-0.39, 0.29) is 11.9 Å². The Bertz CT molecular complexity index is 1200. The third-order valence-electron chi connectivity index (χ3n) is 5.11. The van der Waals surface area contributed by atoms with Gasteiger partial charge in [0.05, 0.1) is 11.9 Å². The molecule has 0 aliphatic heterocycles. The molecular formula is C22H24N6OS. The number of amides is 1. The molecule has 4 aromatic rings. The zero-order valence-corrected chi connectivity index (χ0v) is 18.3. The van der Waals surface area contributed by atoms with Gasteiger partial charge in [0.1, 0.15) is 5.69 Å². The lowest BCUT2D eigenvalue weighted by Gasteiger charge is -2.12. The number of hydrogen-bond acceptors (Lipinski definition) is 6. The second-order valence-corrected chi connectivity index (χ2v) is 8.38. The Labute approximate surface area is 179 Å². The summed E-state index contributed by atoms with van der Waals surface area (Å²) >= 11 is 1.40. The highest BCUT2D eigenvalue weighted by molar-refractivity contribution is 7.14. The van der Waals surface area contributed by atoms with E-state index in [0.29, 0.717) is 18.0 Å². The van der Waals surface area contributed by atoms with Crippen molar-refractivity contribution in [2.45, 2.75) is 46.6 Å². The summed E-state index contributed by atoms with van der Waals surface area (Å²) in [5.74, 6) is -0.0614. The molecule has 4 heterocycles. The van der Waals surface area contributed by atoms with Crippen molar-refractivity contribution in [3.05, 3.63) is 52.8 Å². The smallest absolute Gasteiger partial charge is 0.226 e. The van der Waals surface area contributed by atoms with Gasteiger partial charge < -0.3 is 5.32 Å². The van der Waals surface area contributed by atoms with Crippen LogP contribution in [0.1, 0.15) is 43.1 Å². The van der Waals surface area contributed by atoms with Gasteiger partial charge in [0.2, 0.25) is 5.91 Å². The number of aryl methyl sites for hydroxylation is 2. The van der Waals surface area contributed by atoms with Crippen LogP contribution in [0.25, 0.3) is 22.4 Å². The monoisotopic (exact) mass is 420 g/mol. The molecule has 4 aromatic heterocycles. The number of pyridine rings is 2. The third-order valence-corrected chi connectivity index (χ3v) is 5.86. The van der Waals surface area contributed by atoms with Gasteiger partial charge in [-0.3, -0.25) is 9.78 Å². The number of rotatable bonds is 6. The molecule has 0 unspecified atom stereocenters. The molecule has 0 radical (unpaired) electrons. The molecule has 0 fully saturated rings. The van der Waals surface area contributed by atoms with E-state index in [1.165, 1.54) is 11.3 Å². The first-order chi connectivity index (χ1) is 14.4. The van der Waals surface area contributed by atoms with Crippen molar-refractivity contribution in [1.29, 1.82) is 0 Å². The highest BCUT2D eigenvalue weighted by Gasteiger charge is 2.16. The lowest BCUT2D eigenvalue weighted by Crippen LogP contribution is -2.13. The molecule has 154 valence electrons. The van der Waals surface area contributed by atoms with Gasteiger partial charge in [-0.15, -0.1) is 11.3 Å². The minimum absolute atomic E-state index is 0.0614. The van der Waals surface area contributed by atoms with Gasteiger partial charge in [-0.2, -0.15) is 5.10 Å². The van der Waals surface area contributed by atoms with Crippen LogP contribution in [0.5, 0.6) is 0 Å². The number of thiazole rings is 1. The molecule has 0 bridgehead atoms. The number of carbonyl (C=O) groups is 1. The molecule has 0 aromatic carbocycles. The Kier molecular flexibility index (Phi) is 5.59. The first-order valence-corrected chi connectivity index (χ1v) is 10.8. The fourth-order valence-corrected chi connectivity index (χ4v) is 4.24. The van der Waals surface area contributed by atoms with Crippen molar-refractivity contribution >= 4 is 33.4 Å². The van der Waals surface area contributed by atoms with E-state index in [9.17, 15) is 4.79 Å². The van der Waals surface area contributed by atoms with Crippen LogP contribution >= 0.6 is 11.3 Å². The molecule has 0 saturated heterocycles. The van der Waals surface area contributed by atoms with Gasteiger partial charge in [0.25, 0.3) is 0 Å². The lowest BCUT2D eigenvalue weighted by molar-refractivity contribution is -0.116. The van der Waals surface area contributed by atoms with Gasteiger partial charge in [-0.1, -0.05) is 6.07 Å². The highest BCUT2D eigenvalue weighted by atomic mass is 32.1. The average molecular weight is 421 g/mol. The summed E-state index contributed by atoms with van der Waals surface area (Å²) in [5, 5.41) is 10.9. The molecule has 30 heavy (non-hydrogen) atoms. The maximum Gasteiger partial charge on any atom is 0.226 e. The van der Waals surface area contributed by atoms with Gasteiger partial charge in [0.15, 0.2) is 10.8 Å². The number of nitrogens with zero attached hydrogens (tertiary/aromatic N) is 5. The number of hydrogen-bond donors (Lipinski definition) is 1. The van der Waals surface area contributed by atoms with Crippen LogP contribution in [0.4, 0.5) is 5.13 Å². The van der Waals surface area contributed by atoms with Crippen molar-refractivity contribution in [3.8, 4) is 11.4 Å². The van der Waals surface area contributed by atoms with Crippen LogP contribution < -0.4 is 5.32 Å². The third kappa shape index (κ3) is 3.95. The standard InChI is InChI=1S/C22H24N6OS/c1-13(2)28-21-17(11-24-28)14(3)16(15(4)25-21)8-9-20(29)27-22-26-19(12-30-22)18-7-5-6-10-23-18/h5-7,10-13H,8-9H2,1-4H3,(H,26,27,29). The first-order valence-electron chi connectivity index (χ1n) is 9.94. The number of anilines is 1. The molecule has 1 N–H and O–H groups in total. The number of carbonyl (C=O) groups excluding carboxylic acids is 1. The summed E-state index contributed by atoms with van der Waals surface area (Å²) in [6, 6.07) is 5.93. The van der Waals surface area contributed by atoms with Crippen LogP contribution in [0.2, 0.25) is 0 Å². The van der Waals surface area contributed by atoms with Crippen molar-refractivity contribution in [2.24, 2.45) is 0 Å². The van der Waals surface area contributed by atoms with Crippen molar-refractivity contribution in [1.82, 2.24) is 24.7 Å². The van der Waals surface area contributed by atoms with Crippen LogP contribution in [-0.2, 0) is 11.2 Å². The highest BCUT2D eigenvalue weighted by Crippen LogP contribution is 2.26.